The third-order valence-electron chi connectivity index (χ3n) is 2.36. The Morgan fingerprint density at radius 1 is 1.53 bits per heavy atom. The molecule has 0 aliphatic carbocycles. The van der Waals surface area contributed by atoms with Crippen LogP contribution < -0.4 is 5.32 Å². The van der Waals surface area contributed by atoms with Crippen LogP contribution in [0.15, 0.2) is 29.0 Å². The standard InChI is InChI=1S/C10H9BrFN5O2/c11-7-5-9(10(17(18)19)6-8(7)12)13-1-3-16-4-2-14-15-16/h2,4-6,13H,1,3H2. The minimum atomic E-state index is -0.673. The van der Waals surface area contributed by atoms with Crippen molar-refractivity contribution in [2.75, 3.05) is 11.9 Å². The van der Waals surface area contributed by atoms with E-state index in [1.54, 1.807) is 10.9 Å². The number of nitro groups is 1. The Balaban J connectivity index is 2.10. The van der Waals surface area contributed by atoms with Crippen molar-refractivity contribution in [2.24, 2.45) is 0 Å². The second-order valence-corrected chi connectivity index (χ2v) is 4.49. The Labute approximate surface area is 115 Å². The number of nitrogens with zero attached hydrogens (tertiary/aromatic N) is 4. The number of anilines is 1. The third kappa shape index (κ3) is 3.25. The smallest absolute Gasteiger partial charge is 0.295 e. The Hall–Kier alpha value is -2.03. The molecule has 0 aliphatic rings. The highest BCUT2D eigenvalue weighted by Gasteiger charge is 2.17. The number of rotatable bonds is 5. The predicted molar refractivity (Wildman–Crippen MR) is 69.3 cm³/mol. The van der Waals surface area contributed by atoms with E-state index in [2.05, 4.69) is 31.6 Å². The van der Waals surface area contributed by atoms with Crippen molar-refractivity contribution in [2.45, 2.75) is 6.54 Å². The number of hydrogen-bond donors (Lipinski definition) is 1. The van der Waals surface area contributed by atoms with E-state index in [4.69, 9.17) is 0 Å². The lowest BCUT2D eigenvalue weighted by molar-refractivity contribution is -0.384. The lowest BCUT2D eigenvalue weighted by Gasteiger charge is -2.08. The third-order valence-corrected chi connectivity index (χ3v) is 2.97. The molecule has 0 fully saturated rings. The molecule has 0 radical (unpaired) electrons. The topological polar surface area (TPSA) is 85.9 Å². The predicted octanol–water partition coefficient (Wildman–Crippen LogP) is 2.20. The summed E-state index contributed by atoms with van der Waals surface area (Å²) in [7, 11) is 0. The van der Waals surface area contributed by atoms with Crippen molar-refractivity contribution in [1.29, 1.82) is 0 Å². The second kappa shape index (κ2) is 5.74. The molecule has 9 heteroatoms. The first-order valence-electron chi connectivity index (χ1n) is 5.29. The summed E-state index contributed by atoms with van der Waals surface area (Å²) in [4.78, 5) is 10.2. The average Bonchev–Trinajstić information content (AvgIpc) is 2.86. The van der Waals surface area contributed by atoms with E-state index >= 15 is 0 Å². The van der Waals surface area contributed by atoms with Crippen molar-refractivity contribution >= 4 is 27.3 Å². The number of nitrogens with one attached hydrogen (secondary N) is 1. The van der Waals surface area contributed by atoms with Crippen LogP contribution in [0.2, 0.25) is 0 Å². The number of nitro benzene ring substituents is 1. The molecule has 0 unspecified atom stereocenters. The Morgan fingerprint density at radius 3 is 2.95 bits per heavy atom. The largest absolute Gasteiger partial charge is 0.378 e. The summed E-state index contributed by atoms with van der Waals surface area (Å²) < 4.78 is 15.0. The maximum Gasteiger partial charge on any atom is 0.295 e. The zero-order valence-corrected chi connectivity index (χ0v) is 11.2. The van der Waals surface area contributed by atoms with Crippen LogP contribution in [0.5, 0.6) is 0 Å². The fourth-order valence-electron chi connectivity index (χ4n) is 1.49. The summed E-state index contributed by atoms with van der Waals surface area (Å²) in [6.07, 6.45) is 3.22. The maximum atomic E-state index is 13.3. The van der Waals surface area contributed by atoms with Gasteiger partial charge in [-0.2, -0.15) is 0 Å². The van der Waals surface area contributed by atoms with Crippen molar-refractivity contribution < 1.29 is 9.31 Å². The van der Waals surface area contributed by atoms with Gasteiger partial charge in [0.05, 0.1) is 28.2 Å². The SMILES string of the molecule is O=[N+]([O-])c1cc(F)c(Br)cc1NCCn1ccnn1. The summed E-state index contributed by atoms with van der Waals surface area (Å²) in [5.74, 6) is -0.673. The Bertz CT molecular complexity index is 590. The zero-order chi connectivity index (χ0) is 13.8. The molecule has 1 heterocycles. The summed E-state index contributed by atoms with van der Waals surface area (Å²) in [6.45, 7) is 0.897. The molecular formula is C10H9BrFN5O2. The number of halogens is 2. The molecule has 1 N–H and O–H groups in total. The van der Waals surface area contributed by atoms with Gasteiger partial charge in [-0.1, -0.05) is 5.21 Å². The van der Waals surface area contributed by atoms with Gasteiger partial charge in [-0.15, -0.1) is 5.10 Å². The van der Waals surface area contributed by atoms with Crippen molar-refractivity contribution in [3.05, 3.63) is 44.9 Å². The van der Waals surface area contributed by atoms with Crippen LogP contribution in [-0.2, 0) is 6.54 Å². The van der Waals surface area contributed by atoms with Crippen LogP contribution in [0, 0.1) is 15.9 Å². The lowest BCUT2D eigenvalue weighted by Crippen LogP contribution is -2.12. The molecule has 0 atom stereocenters. The number of aromatic nitrogens is 3. The molecule has 1 aromatic heterocycles. The highest BCUT2D eigenvalue weighted by Crippen LogP contribution is 2.30. The molecule has 19 heavy (non-hydrogen) atoms. The molecule has 0 saturated heterocycles. The van der Waals surface area contributed by atoms with Crippen molar-refractivity contribution in [3.63, 3.8) is 0 Å². The molecule has 1 aromatic carbocycles. The van der Waals surface area contributed by atoms with Gasteiger partial charge in [0, 0.05) is 12.7 Å². The zero-order valence-electron chi connectivity index (χ0n) is 9.58. The average molecular weight is 330 g/mol. The van der Waals surface area contributed by atoms with E-state index in [1.807, 2.05) is 0 Å². The minimum Gasteiger partial charge on any atom is -0.378 e. The van der Waals surface area contributed by atoms with Gasteiger partial charge in [0.25, 0.3) is 5.69 Å². The maximum absolute atomic E-state index is 13.3. The molecule has 0 spiro atoms. The monoisotopic (exact) mass is 329 g/mol. The van der Waals surface area contributed by atoms with Gasteiger partial charge in [0.1, 0.15) is 11.5 Å². The Kier molecular flexibility index (Phi) is 4.05. The molecule has 0 amide bonds. The molecule has 2 rings (SSSR count). The summed E-state index contributed by atoms with van der Waals surface area (Å²) in [5, 5.41) is 21.1. The van der Waals surface area contributed by atoms with Gasteiger partial charge in [-0.25, -0.2) is 4.39 Å². The van der Waals surface area contributed by atoms with Crippen LogP contribution in [0.3, 0.4) is 0 Å². The quantitative estimate of drug-likeness (QED) is 0.671. The normalized spacial score (nSPS) is 10.4. The van der Waals surface area contributed by atoms with E-state index < -0.39 is 10.7 Å². The van der Waals surface area contributed by atoms with Gasteiger partial charge in [0.15, 0.2) is 0 Å². The van der Waals surface area contributed by atoms with E-state index in [0.717, 1.165) is 6.07 Å². The first-order valence-corrected chi connectivity index (χ1v) is 6.08. The minimum absolute atomic E-state index is 0.168. The first kappa shape index (κ1) is 13.4. The fourth-order valence-corrected chi connectivity index (χ4v) is 1.83. The van der Waals surface area contributed by atoms with Crippen LogP contribution >= 0.6 is 15.9 Å². The molecule has 7 nitrogen and oxygen atoms in total. The Morgan fingerprint density at radius 2 is 2.32 bits per heavy atom. The van der Waals surface area contributed by atoms with E-state index in [-0.39, 0.29) is 15.8 Å². The number of hydrogen-bond acceptors (Lipinski definition) is 5. The van der Waals surface area contributed by atoms with Gasteiger partial charge in [0.2, 0.25) is 0 Å². The van der Waals surface area contributed by atoms with Gasteiger partial charge < -0.3 is 5.32 Å². The van der Waals surface area contributed by atoms with Gasteiger partial charge in [-0.05, 0) is 22.0 Å². The molecule has 0 saturated carbocycles. The highest BCUT2D eigenvalue weighted by atomic mass is 79.9. The fraction of sp³-hybridized carbons (Fsp3) is 0.200. The van der Waals surface area contributed by atoms with E-state index in [1.165, 1.54) is 12.3 Å². The first-order chi connectivity index (χ1) is 9.08. The summed E-state index contributed by atoms with van der Waals surface area (Å²) in [6, 6.07) is 2.22. The van der Waals surface area contributed by atoms with Crippen molar-refractivity contribution in [1.82, 2.24) is 15.0 Å². The molecular weight excluding hydrogens is 321 g/mol. The summed E-state index contributed by atoms with van der Waals surface area (Å²) >= 11 is 2.99. The van der Waals surface area contributed by atoms with Crippen LogP contribution in [-0.4, -0.2) is 26.5 Å². The molecule has 100 valence electrons. The lowest BCUT2D eigenvalue weighted by atomic mass is 10.2. The highest BCUT2D eigenvalue weighted by molar-refractivity contribution is 9.10. The molecule has 0 aliphatic heterocycles. The van der Waals surface area contributed by atoms with E-state index in [9.17, 15) is 14.5 Å². The van der Waals surface area contributed by atoms with Crippen molar-refractivity contribution in [3.8, 4) is 0 Å². The van der Waals surface area contributed by atoms with Crippen LogP contribution in [0.4, 0.5) is 15.8 Å². The van der Waals surface area contributed by atoms with Gasteiger partial charge in [-0.3, -0.25) is 14.8 Å². The molecule has 2 aromatic rings. The van der Waals surface area contributed by atoms with Crippen LogP contribution in [0.25, 0.3) is 0 Å². The number of benzene rings is 1. The second-order valence-electron chi connectivity index (χ2n) is 3.63. The molecule has 0 bridgehead atoms. The van der Waals surface area contributed by atoms with Crippen LogP contribution in [0.1, 0.15) is 0 Å². The van der Waals surface area contributed by atoms with Gasteiger partial charge >= 0.3 is 0 Å². The summed E-state index contributed by atoms with van der Waals surface area (Å²) in [5.41, 5.74) is -0.0577. The van der Waals surface area contributed by atoms with E-state index in [0.29, 0.717) is 13.1 Å².